The molecule has 1 aromatic carbocycles. The molecule has 6 nitrogen and oxygen atoms in total. The Labute approximate surface area is 141 Å². The molecular weight excluding hydrogens is 339 g/mol. The second-order valence-electron chi connectivity index (χ2n) is 6.37. The van der Waals surface area contributed by atoms with Crippen LogP contribution in [0.15, 0.2) is 30.5 Å². The SMILES string of the molecule is CC(C)(C)C(=O)Nc1ccc(-n2ncc(C(=O)O)c2C(F)(F)F)cc1. The second-order valence-corrected chi connectivity index (χ2v) is 6.37. The predicted octanol–water partition coefficient (Wildman–Crippen LogP) is 3.57. The molecule has 0 radical (unpaired) electrons. The number of halogens is 3. The van der Waals surface area contributed by atoms with Crippen molar-refractivity contribution in [3.8, 4) is 5.69 Å². The van der Waals surface area contributed by atoms with Crippen LogP contribution < -0.4 is 5.32 Å². The fourth-order valence-corrected chi connectivity index (χ4v) is 1.98. The summed E-state index contributed by atoms with van der Waals surface area (Å²) in [6, 6.07) is 5.46. The van der Waals surface area contributed by atoms with Gasteiger partial charge >= 0.3 is 12.1 Å². The fraction of sp³-hybridized carbons (Fsp3) is 0.312. The van der Waals surface area contributed by atoms with E-state index in [1.54, 1.807) is 20.8 Å². The van der Waals surface area contributed by atoms with Crippen LogP contribution in [0.1, 0.15) is 36.8 Å². The number of nitrogens with one attached hydrogen (secondary N) is 1. The molecule has 25 heavy (non-hydrogen) atoms. The zero-order chi connectivity index (χ0) is 19.0. The molecule has 1 heterocycles. The first-order valence-electron chi connectivity index (χ1n) is 7.21. The standard InChI is InChI=1S/C16H16F3N3O3/c1-15(2,3)14(25)21-9-4-6-10(7-5-9)22-12(16(17,18)19)11(8-20-22)13(23)24/h4-8H,1-3H3,(H,21,25)(H,23,24). The van der Waals surface area contributed by atoms with E-state index in [2.05, 4.69) is 10.4 Å². The first kappa shape index (κ1) is 18.5. The van der Waals surface area contributed by atoms with Gasteiger partial charge in [0.25, 0.3) is 0 Å². The summed E-state index contributed by atoms with van der Waals surface area (Å²) < 4.78 is 40.1. The maximum atomic E-state index is 13.2. The summed E-state index contributed by atoms with van der Waals surface area (Å²) in [4.78, 5) is 22.9. The zero-order valence-corrected chi connectivity index (χ0v) is 13.7. The van der Waals surface area contributed by atoms with Crippen molar-refractivity contribution in [2.75, 3.05) is 5.32 Å². The Bertz CT molecular complexity index is 803. The van der Waals surface area contributed by atoms with E-state index in [4.69, 9.17) is 5.11 Å². The molecule has 9 heteroatoms. The number of benzene rings is 1. The van der Waals surface area contributed by atoms with Gasteiger partial charge < -0.3 is 10.4 Å². The monoisotopic (exact) mass is 355 g/mol. The van der Waals surface area contributed by atoms with Gasteiger partial charge in [-0.2, -0.15) is 18.3 Å². The number of aromatic nitrogens is 2. The van der Waals surface area contributed by atoms with Crippen LogP contribution in [0, 0.1) is 5.41 Å². The number of alkyl halides is 3. The van der Waals surface area contributed by atoms with Crippen molar-refractivity contribution in [1.82, 2.24) is 9.78 Å². The summed E-state index contributed by atoms with van der Waals surface area (Å²) in [6.45, 7) is 5.18. The molecule has 0 unspecified atom stereocenters. The number of anilines is 1. The minimum Gasteiger partial charge on any atom is -0.478 e. The molecule has 0 spiro atoms. The highest BCUT2D eigenvalue weighted by Crippen LogP contribution is 2.33. The molecule has 0 aliphatic carbocycles. The summed E-state index contributed by atoms with van der Waals surface area (Å²) >= 11 is 0. The summed E-state index contributed by atoms with van der Waals surface area (Å²) in [7, 11) is 0. The highest BCUT2D eigenvalue weighted by Gasteiger charge is 2.40. The normalized spacial score (nSPS) is 12.1. The third-order valence-electron chi connectivity index (χ3n) is 3.32. The average molecular weight is 355 g/mol. The highest BCUT2D eigenvalue weighted by molar-refractivity contribution is 5.94. The first-order valence-corrected chi connectivity index (χ1v) is 7.21. The van der Waals surface area contributed by atoms with Crippen LogP contribution in [0.3, 0.4) is 0 Å². The topological polar surface area (TPSA) is 84.2 Å². The van der Waals surface area contributed by atoms with Gasteiger partial charge in [0.2, 0.25) is 5.91 Å². The molecule has 0 aliphatic rings. The van der Waals surface area contributed by atoms with E-state index in [0.29, 0.717) is 16.6 Å². The quantitative estimate of drug-likeness (QED) is 0.881. The Hall–Kier alpha value is -2.84. The molecule has 134 valence electrons. The Morgan fingerprint density at radius 3 is 2.12 bits per heavy atom. The highest BCUT2D eigenvalue weighted by atomic mass is 19.4. The fourth-order valence-electron chi connectivity index (χ4n) is 1.98. The number of rotatable bonds is 3. The smallest absolute Gasteiger partial charge is 0.434 e. The van der Waals surface area contributed by atoms with Gasteiger partial charge in [-0.25, -0.2) is 9.48 Å². The van der Waals surface area contributed by atoms with Crippen LogP contribution in [0.2, 0.25) is 0 Å². The van der Waals surface area contributed by atoms with Crippen LogP contribution in [0.5, 0.6) is 0 Å². The Morgan fingerprint density at radius 2 is 1.68 bits per heavy atom. The predicted molar refractivity (Wildman–Crippen MR) is 83.6 cm³/mol. The van der Waals surface area contributed by atoms with E-state index in [0.717, 1.165) is 0 Å². The maximum Gasteiger partial charge on any atom is 0.434 e. The van der Waals surface area contributed by atoms with Crippen molar-refractivity contribution in [3.05, 3.63) is 41.7 Å². The minimum atomic E-state index is -4.89. The summed E-state index contributed by atoms with van der Waals surface area (Å²) in [5.41, 5.74) is -2.50. The summed E-state index contributed by atoms with van der Waals surface area (Å²) in [5.74, 6) is -1.96. The van der Waals surface area contributed by atoms with Gasteiger partial charge in [0.05, 0.1) is 11.9 Å². The molecule has 0 saturated carbocycles. The van der Waals surface area contributed by atoms with Gasteiger partial charge in [0.15, 0.2) is 5.69 Å². The van der Waals surface area contributed by atoms with E-state index < -0.39 is 28.8 Å². The van der Waals surface area contributed by atoms with Crippen LogP contribution in [0.25, 0.3) is 5.69 Å². The molecule has 1 aromatic heterocycles. The lowest BCUT2D eigenvalue weighted by Crippen LogP contribution is -2.27. The lowest BCUT2D eigenvalue weighted by atomic mass is 9.95. The van der Waals surface area contributed by atoms with E-state index in [9.17, 15) is 22.8 Å². The molecule has 0 fully saturated rings. The van der Waals surface area contributed by atoms with E-state index in [1.165, 1.54) is 24.3 Å². The van der Waals surface area contributed by atoms with Gasteiger partial charge in [-0.1, -0.05) is 20.8 Å². The van der Waals surface area contributed by atoms with Crippen molar-refractivity contribution in [3.63, 3.8) is 0 Å². The molecular formula is C16H16F3N3O3. The number of carbonyl (C=O) groups is 2. The minimum absolute atomic E-state index is 0.0218. The molecule has 0 atom stereocenters. The van der Waals surface area contributed by atoms with Crippen molar-refractivity contribution in [1.29, 1.82) is 0 Å². The Kier molecular flexibility index (Phi) is 4.61. The van der Waals surface area contributed by atoms with Gasteiger partial charge in [-0.15, -0.1) is 0 Å². The number of aromatic carboxylic acids is 1. The second kappa shape index (κ2) is 6.23. The number of carbonyl (C=O) groups excluding carboxylic acids is 1. The van der Waals surface area contributed by atoms with Crippen molar-refractivity contribution < 1.29 is 27.9 Å². The lowest BCUT2D eigenvalue weighted by molar-refractivity contribution is -0.143. The number of carboxylic acid groups (broad SMARTS) is 1. The number of hydrogen-bond acceptors (Lipinski definition) is 3. The van der Waals surface area contributed by atoms with Crippen molar-refractivity contribution in [2.45, 2.75) is 26.9 Å². The molecule has 2 aromatic rings. The number of hydrogen-bond donors (Lipinski definition) is 2. The molecule has 1 amide bonds. The molecule has 0 aliphatic heterocycles. The van der Waals surface area contributed by atoms with E-state index in [1.807, 2.05) is 0 Å². The van der Waals surface area contributed by atoms with Crippen LogP contribution in [-0.4, -0.2) is 26.8 Å². The Balaban J connectivity index is 2.38. The summed E-state index contributed by atoms with van der Waals surface area (Å²) in [5, 5.41) is 15.1. The molecule has 2 N–H and O–H groups in total. The third-order valence-corrected chi connectivity index (χ3v) is 3.32. The molecule has 0 saturated heterocycles. The third kappa shape index (κ3) is 3.98. The Morgan fingerprint density at radius 1 is 1.12 bits per heavy atom. The largest absolute Gasteiger partial charge is 0.478 e. The molecule has 0 bridgehead atoms. The van der Waals surface area contributed by atoms with Gasteiger partial charge in [-0.3, -0.25) is 4.79 Å². The first-order chi connectivity index (χ1) is 11.4. The number of nitrogens with zero attached hydrogens (tertiary/aromatic N) is 2. The maximum absolute atomic E-state index is 13.2. The average Bonchev–Trinajstić information content (AvgIpc) is 2.92. The van der Waals surface area contributed by atoms with Crippen LogP contribution >= 0.6 is 0 Å². The van der Waals surface area contributed by atoms with Crippen LogP contribution in [-0.2, 0) is 11.0 Å². The number of amides is 1. The van der Waals surface area contributed by atoms with Gasteiger partial charge in [0.1, 0.15) is 5.56 Å². The number of carboxylic acids is 1. The van der Waals surface area contributed by atoms with Crippen molar-refractivity contribution >= 4 is 17.6 Å². The van der Waals surface area contributed by atoms with E-state index >= 15 is 0 Å². The summed E-state index contributed by atoms with van der Waals surface area (Å²) in [6.07, 6.45) is -4.23. The molecule has 2 rings (SSSR count). The van der Waals surface area contributed by atoms with Crippen molar-refractivity contribution in [2.24, 2.45) is 5.41 Å². The zero-order valence-electron chi connectivity index (χ0n) is 13.7. The van der Waals surface area contributed by atoms with Gasteiger partial charge in [0, 0.05) is 11.1 Å². The van der Waals surface area contributed by atoms with E-state index in [-0.39, 0.29) is 11.6 Å². The van der Waals surface area contributed by atoms with Crippen LogP contribution in [0.4, 0.5) is 18.9 Å². The lowest BCUT2D eigenvalue weighted by Gasteiger charge is -2.18. The van der Waals surface area contributed by atoms with Gasteiger partial charge in [-0.05, 0) is 24.3 Å².